The van der Waals surface area contributed by atoms with Crippen LogP contribution in [0.25, 0.3) is 0 Å². The summed E-state index contributed by atoms with van der Waals surface area (Å²) in [5.41, 5.74) is 2.40. The predicted molar refractivity (Wildman–Crippen MR) is 128 cm³/mol. The molecule has 164 valence electrons. The highest BCUT2D eigenvalue weighted by molar-refractivity contribution is 5.17. The van der Waals surface area contributed by atoms with E-state index in [1.807, 2.05) is 27.7 Å². The Kier molecular flexibility index (Phi) is 16.8. The van der Waals surface area contributed by atoms with Gasteiger partial charge in [0.15, 0.2) is 0 Å². The largest absolute Gasteiger partial charge is 0.0882 e. The maximum absolute atomic E-state index is 2.57. The summed E-state index contributed by atoms with van der Waals surface area (Å²) in [4.78, 5) is 0. The lowest BCUT2D eigenvalue weighted by Crippen LogP contribution is -2.35. The molecule has 2 fully saturated rings. The van der Waals surface area contributed by atoms with Crippen LogP contribution in [-0.2, 0) is 0 Å². The number of allylic oxidation sites excluding steroid dienone is 2. The first-order valence-electron chi connectivity index (χ1n) is 12.4. The number of rotatable bonds is 4. The van der Waals surface area contributed by atoms with Crippen LogP contribution in [0.4, 0.5) is 0 Å². The predicted octanol–water partition coefficient (Wildman–Crippen LogP) is 9.94. The van der Waals surface area contributed by atoms with Crippen LogP contribution >= 0.6 is 0 Å². The van der Waals surface area contributed by atoms with Gasteiger partial charge in [0.2, 0.25) is 0 Å². The molecule has 2 saturated carbocycles. The normalized spacial score (nSPS) is 29.0. The molecule has 2 aliphatic carbocycles. The summed E-state index contributed by atoms with van der Waals surface area (Å²) in [7, 11) is 0. The first-order chi connectivity index (χ1) is 12.8. The second kappa shape index (κ2) is 15.6. The van der Waals surface area contributed by atoms with Crippen molar-refractivity contribution in [2.24, 2.45) is 35.0 Å². The zero-order chi connectivity index (χ0) is 21.6. The van der Waals surface area contributed by atoms with Gasteiger partial charge in [-0.1, -0.05) is 101 Å². The van der Waals surface area contributed by atoms with Crippen LogP contribution in [0.15, 0.2) is 11.6 Å². The monoisotopic (exact) mass is 380 g/mol. The van der Waals surface area contributed by atoms with Crippen molar-refractivity contribution in [3.8, 4) is 0 Å². The van der Waals surface area contributed by atoms with E-state index in [1.54, 1.807) is 5.57 Å². The topological polar surface area (TPSA) is 0 Å². The Morgan fingerprint density at radius 3 is 1.93 bits per heavy atom. The van der Waals surface area contributed by atoms with Crippen LogP contribution in [-0.4, -0.2) is 0 Å². The van der Waals surface area contributed by atoms with Gasteiger partial charge in [0, 0.05) is 0 Å². The van der Waals surface area contributed by atoms with Gasteiger partial charge in [-0.05, 0) is 74.0 Å². The van der Waals surface area contributed by atoms with Crippen LogP contribution in [0.1, 0.15) is 128 Å². The van der Waals surface area contributed by atoms with E-state index >= 15 is 0 Å². The van der Waals surface area contributed by atoms with Gasteiger partial charge in [-0.3, -0.25) is 0 Å². The third-order valence-corrected chi connectivity index (χ3v) is 7.10. The smallest absolute Gasteiger partial charge is 0.0146 e. The molecular weight excluding hydrogens is 324 g/mol. The molecule has 0 N–H and O–H groups in total. The van der Waals surface area contributed by atoms with E-state index in [0.717, 1.165) is 29.6 Å². The maximum atomic E-state index is 2.57. The van der Waals surface area contributed by atoms with Crippen LogP contribution in [0.2, 0.25) is 0 Å². The van der Waals surface area contributed by atoms with Crippen LogP contribution in [0.5, 0.6) is 0 Å². The van der Waals surface area contributed by atoms with E-state index in [2.05, 4.69) is 61.5 Å². The Hall–Kier alpha value is -0.260. The molecule has 0 nitrogen and oxygen atoms in total. The summed E-state index contributed by atoms with van der Waals surface area (Å²) in [5, 5.41) is 0. The third kappa shape index (κ3) is 8.74. The average molecular weight is 381 g/mol. The Bertz CT molecular complexity index is 362. The van der Waals surface area contributed by atoms with Gasteiger partial charge < -0.3 is 0 Å². The van der Waals surface area contributed by atoms with Crippen molar-refractivity contribution in [1.29, 1.82) is 0 Å². The molecule has 0 amide bonds. The summed E-state index contributed by atoms with van der Waals surface area (Å²) >= 11 is 0. The van der Waals surface area contributed by atoms with E-state index < -0.39 is 0 Å². The summed E-state index contributed by atoms with van der Waals surface area (Å²) in [6, 6.07) is 0. The molecular formula is C27H56. The molecule has 3 unspecified atom stereocenters. The average Bonchev–Trinajstić information content (AvgIpc) is 3.03. The molecule has 0 aromatic heterocycles. The van der Waals surface area contributed by atoms with Gasteiger partial charge in [-0.2, -0.15) is 0 Å². The van der Waals surface area contributed by atoms with Gasteiger partial charge in [0.05, 0.1) is 0 Å². The fourth-order valence-electron chi connectivity index (χ4n) is 5.31. The molecule has 0 heterocycles. The molecule has 0 bridgehead atoms. The minimum Gasteiger partial charge on any atom is -0.0882 e. The van der Waals surface area contributed by atoms with Gasteiger partial charge >= 0.3 is 0 Å². The molecule has 2 rings (SSSR count). The lowest BCUT2D eigenvalue weighted by atomic mass is 9.61. The molecule has 4 atom stereocenters. The number of fused-ring (bicyclic) bond motifs is 1. The van der Waals surface area contributed by atoms with E-state index in [0.29, 0.717) is 5.41 Å². The van der Waals surface area contributed by atoms with E-state index in [4.69, 9.17) is 0 Å². The second-order valence-corrected chi connectivity index (χ2v) is 9.21. The SMILES string of the molecule is C/C=C1\CCCC2(C)C1CCC2C(C)C.CC.CC.CCC[C@H](C)C(C)C. The first-order valence-corrected chi connectivity index (χ1v) is 12.4. The fraction of sp³-hybridized carbons (Fsp3) is 0.926. The van der Waals surface area contributed by atoms with E-state index in [-0.39, 0.29) is 0 Å². The maximum Gasteiger partial charge on any atom is -0.0146 e. The second-order valence-electron chi connectivity index (χ2n) is 9.21. The summed E-state index contributed by atoms with van der Waals surface area (Å²) in [6.07, 6.45) is 12.3. The zero-order valence-corrected chi connectivity index (χ0v) is 21.4. The molecule has 27 heavy (non-hydrogen) atoms. The van der Waals surface area contributed by atoms with Crippen molar-refractivity contribution in [2.45, 2.75) is 128 Å². The molecule has 0 saturated heterocycles. The van der Waals surface area contributed by atoms with Crippen LogP contribution in [0, 0.1) is 35.0 Å². The van der Waals surface area contributed by atoms with Crippen molar-refractivity contribution in [3.05, 3.63) is 11.6 Å². The number of hydrogen-bond acceptors (Lipinski definition) is 0. The molecule has 0 heteroatoms. The standard InChI is InChI=1S/C15H26.C8H18.2C2H6/c1-5-12-7-6-10-15(4)13(11(2)3)8-9-14(12)15;1-5-6-8(4)7(2)3;2*1-2/h5,11,13-14H,6-10H2,1-4H3;7-8H,5-6H2,1-4H3;2*1-2H3/b12-5+;;;/t;8-;;/m.0../s1. The first kappa shape index (κ1) is 28.9. The molecule has 2 aliphatic rings. The molecule has 0 aromatic rings. The van der Waals surface area contributed by atoms with Crippen molar-refractivity contribution < 1.29 is 0 Å². The van der Waals surface area contributed by atoms with Crippen LogP contribution in [0.3, 0.4) is 0 Å². The quantitative estimate of drug-likeness (QED) is 0.425. The summed E-state index contributed by atoms with van der Waals surface area (Å²) in [6.45, 7) is 26.8. The molecule has 0 aromatic carbocycles. The summed E-state index contributed by atoms with van der Waals surface area (Å²) < 4.78 is 0. The lowest BCUT2D eigenvalue weighted by molar-refractivity contribution is 0.104. The van der Waals surface area contributed by atoms with Crippen molar-refractivity contribution >= 4 is 0 Å². The van der Waals surface area contributed by atoms with Gasteiger partial charge in [-0.15, -0.1) is 0 Å². The molecule has 0 spiro atoms. The van der Waals surface area contributed by atoms with Gasteiger partial charge in [0.25, 0.3) is 0 Å². The fourth-order valence-corrected chi connectivity index (χ4v) is 5.31. The lowest BCUT2D eigenvalue weighted by Gasteiger charge is -2.43. The van der Waals surface area contributed by atoms with E-state index in [9.17, 15) is 0 Å². The van der Waals surface area contributed by atoms with Crippen molar-refractivity contribution in [2.75, 3.05) is 0 Å². The van der Waals surface area contributed by atoms with E-state index in [1.165, 1.54) is 44.9 Å². The highest BCUT2D eigenvalue weighted by Gasteiger charge is 2.49. The summed E-state index contributed by atoms with van der Waals surface area (Å²) in [5.74, 6) is 4.55. The molecule has 0 aliphatic heterocycles. The zero-order valence-electron chi connectivity index (χ0n) is 21.4. The Labute approximate surface area is 175 Å². The minimum absolute atomic E-state index is 0.633. The van der Waals surface area contributed by atoms with Crippen molar-refractivity contribution in [3.63, 3.8) is 0 Å². The van der Waals surface area contributed by atoms with Gasteiger partial charge in [-0.25, -0.2) is 0 Å². The third-order valence-electron chi connectivity index (χ3n) is 7.10. The minimum atomic E-state index is 0.633. The highest BCUT2D eigenvalue weighted by atomic mass is 14.5. The Morgan fingerprint density at radius 2 is 1.56 bits per heavy atom. The van der Waals surface area contributed by atoms with Crippen molar-refractivity contribution in [1.82, 2.24) is 0 Å². The van der Waals surface area contributed by atoms with Crippen LogP contribution < -0.4 is 0 Å². The number of hydrogen-bond donors (Lipinski definition) is 0. The highest BCUT2D eigenvalue weighted by Crippen LogP contribution is 2.59. The molecule has 0 radical (unpaired) electrons. The van der Waals surface area contributed by atoms with Gasteiger partial charge in [0.1, 0.15) is 0 Å². The Morgan fingerprint density at radius 1 is 1.00 bits per heavy atom. The Balaban J connectivity index is 0.